The molecule has 0 radical (unpaired) electrons. The van der Waals surface area contributed by atoms with Crippen molar-refractivity contribution in [2.45, 2.75) is 46.2 Å². The molecule has 3 aromatic carbocycles. The molecule has 12 nitrogen and oxygen atoms in total. The minimum atomic E-state index is -1.35. The second-order valence-corrected chi connectivity index (χ2v) is 11.5. The lowest BCUT2D eigenvalue weighted by atomic mass is 9.98. The van der Waals surface area contributed by atoms with Gasteiger partial charge in [0.2, 0.25) is 11.8 Å². The summed E-state index contributed by atoms with van der Waals surface area (Å²) >= 11 is 0. The molecule has 4 N–H and O–H groups in total. The summed E-state index contributed by atoms with van der Waals surface area (Å²) in [5.41, 5.74) is 2.75. The van der Waals surface area contributed by atoms with Crippen molar-refractivity contribution in [3.63, 3.8) is 0 Å². The summed E-state index contributed by atoms with van der Waals surface area (Å²) < 4.78 is 10.6. The molecule has 0 saturated heterocycles. The highest BCUT2D eigenvalue weighted by Gasteiger charge is 2.34. The Morgan fingerprint density at radius 2 is 1.34 bits per heavy atom. The molecule has 0 saturated carbocycles. The SMILES string of the molecule is CC(=O)NCCOC(=O)[C@H](Cc1ccc(-c2ccc3ccccc3c2)cc1)NC(=O)N(CC(C)C)[C@@H](CO)C(=O)OCCNC(C)=O. The summed E-state index contributed by atoms with van der Waals surface area (Å²) in [6.45, 7) is 5.60. The molecule has 0 spiro atoms. The van der Waals surface area contributed by atoms with Crippen LogP contribution in [-0.2, 0) is 35.1 Å². The standard InChI is InChI=1S/C35H44N4O8/c1-23(2)21-39(32(22-40)34(44)47-18-16-37-25(4)42)35(45)38-31(33(43)46-17-15-36-24(3)41)19-26-9-11-28(12-10-26)30-14-13-27-7-5-6-8-29(27)20-30/h5-14,20,23,31-32,40H,15-19,21-22H2,1-4H3,(H,36,41)(H,37,42)(H,38,45)/t31-,32-/m0/s1. The van der Waals surface area contributed by atoms with E-state index in [0.717, 1.165) is 32.4 Å². The average molecular weight is 649 g/mol. The molecule has 252 valence electrons. The number of fused-ring (bicyclic) bond motifs is 1. The molecule has 0 unspecified atom stereocenters. The van der Waals surface area contributed by atoms with Crippen molar-refractivity contribution in [1.82, 2.24) is 20.9 Å². The minimum absolute atomic E-state index is 0.0711. The van der Waals surface area contributed by atoms with Crippen molar-refractivity contribution < 1.29 is 38.6 Å². The van der Waals surface area contributed by atoms with E-state index in [0.29, 0.717) is 0 Å². The second kappa shape index (κ2) is 18.2. The fraction of sp³-hybridized carbons (Fsp3) is 0.400. The number of aliphatic hydroxyl groups is 1. The molecule has 2 atom stereocenters. The monoisotopic (exact) mass is 648 g/mol. The van der Waals surface area contributed by atoms with Crippen LogP contribution in [0.2, 0.25) is 0 Å². The molecule has 0 aliphatic carbocycles. The maximum absolute atomic E-state index is 13.6. The van der Waals surface area contributed by atoms with E-state index >= 15 is 0 Å². The van der Waals surface area contributed by atoms with E-state index < -0.39 is 36.7 Å². The number of esters is 2. The highest BCUT2D eigenvalue weighted by Crippen LogP contribution is 2.25. The summed E-state index contributed by atoms with van der Waals surface area (Å²) in [5.74, 6) is -2.26. The molecular formula is C35H44N4O8. The smallest absolute Gasteiger partial charge is 0.331 e. The van der Waals surface area contributed by atoms with Gasteiger partial charge in [0, 0.05) is 26.8 Å². The van der Waals surface area contributed by atoms with Gasteiger partial charge in [-0.15, -0.1) is 0 Å². The summed E-state index contributed by atoms with van der Waals surface area (Å²) in [4.78, 5) is 63.2. The predicted octanol–water partition coefficient (Wildman–Crippen LogP) is 2.81. The van der Waals surface area contributed by atoms with Crippen molar-refractivity contribution in [3.8, 4) is 11.1 Å². The van der Waals surface area contributed by atoms with Gasteiger partial charge in [0.05, 0.1) is 19.7 Å². The Morgan fingerprint density at radius 1 is 0.766 bits per heavy atom. The first-order valence-electron chi connectivity index (χ1n) is 15.6. The molecule has 4 amide bonds. The molecule has 0 aliphatic rings. The largest absolute Gasteiger partial charge is 0.462 e. The Labute approximate surface area is 274 Å². The molecule has 47 heavy (non-hydrogen) atoms. The van der Waals surface area contributed by atoms with Crippen LogP contribution >= 0.6 is 0 Å². The van der Waals surface area contributed by atoms with E-state index in [1.54, 1.807) is 0 Å². The van der Waals surface area contributed by atoms with Crippen LogP contribution in [0.25, 0.3) is 21.9 Å². The van der Waals surface area contributed by atoms with E-state index in [1.807, 2.05) is 68.4 Å². The quantitative estimate of drug-likeness (QED) is 0.136. The first-order valence-corrected chi connectivity index (χ1v) is 15.6. The fourth-order valence-electron chi connectivity index (χ4n) is 4.86. The van der Waals surface area contributed by atoms with Crippen LogP contribution in [0.4, 0.5) is 4.79 Å². The minimum Gasteiger partial charge on any atom is -0.462 e. The number of ether oxygens (including phenoxy) is 2. The number of aliphatic hydroxyl groups excluding tert-OH is 1. The van der Waals surface area contributed by atoms with Crippen LogP contribution in [0.1, 0.15) is 33.3 Å². The molecule has 3 aromatic rings. The first kappa shape index (κ1) is 36.5. The first-order chi connectivity index (χ1) is 22.5. The van der Waals surface area contributed by atoms with Gasteiger partial charge >= 0.3 is 18.0 Å². The van der Waals surface area contributed by atoms with Crippen molar-refractivity contribution >= 4 is 40.6 Å². The summed E-state index contributed by atoms with van der Waals surface area (Å²) in [6, 6.07) is 18.6. The van der Waals surface area contributed by atoms with Crippen molar-refractivity contribution in [2.75, 3.05) is 39.5 Å². The Kier molecular flexibility index (Phi) is 14.2. The summed E-state index contributed by atoms with van der Waals surface area (Å²) in [6.07, 6.45) is 0.0726. The van der Waals surface area contributed by atoms with Crippen LogP contribution in [0.5, 0.6) is 0 Å². The number of rotatable bonds is 16. The highest BCUT2D eigenvalue weighted by atomic mass is 16.5. The zero-order valence-corrected chi connectivity index (χ0v) is 27.3. The molecule has 12 heteroatoms. The Bertz CT molecular complexity index is 1530. The lowest BCUT2D eigenvalue weighted by Gasteiger charge is -2.32. The third kappa shape index (κ3) is 11.7. The van der Waals surface area contributed by atoms with Gasteiger partial charge < -0.3 is 35.4 Å². The third-order valence-electron chi connectivity index (χ3n) is 7.14. The maximum atomic E-state index is 13.6. The van der Waals surface area contributed by atoms with Gasteiger partial charge in [0.25, 0.3) is 0 Å². The Morgan fingerprint density at radius 3 is 1.91 bits per heavy atom. The predicted molar refractivity (Wildman–Crippen MR) is 177 cm³/mol. The van der Waals surface area contributed by atoms with Crippen LogP contribution in [0.15, 0.2) is 66.7 Å². The van der Waals surface area contributed by atoms with Gasteiger partial charge in [-0.3, -0.25) is 9.59 Å². The van der Waals surface area contributed by atoms with E-state index in [9.17, 15) is 29.1 Å². The Balaban J connectivity index is 1.79. The number of urea groups is 1. The molecule has 0 aromatic heterocycles. The topological polar surface area (TPSA) is 163 Å². The van der Waals surface area contributed by atoms with Crippen molar-refractivity contribution in [2.24, 2.45) is 5.92 Å². The van der Waals surface area contributed by atoms with Crippen molar-refractivity contribution in [3.05, 3.63) is 72.3 Å². The summed E-state index contributed by atoms with van der Waals surface area (Å²) in [5, 5.41) is 20.1. The molecule has 0 heterocycles. The van der Waals surface area contributed by atoms with Crippen LogP contribution < -0.4 is 16.0 Å². The number of benzene rings is 3. The lowest BCUT2D eigenvalue weighted by molar-refractivity contribution is -0.150. The van der Waals surface area contributed by atoms with E-state index in [2.05, 4.69) is 28.1 Å². The molecule has 0 bridgehead atoms. The molecule has 0 aliphatic heterocycles. The number of carbonyl (C=O) groups excluding carboxylic acids is 5. The van der Waals surface area contributed by atoms with Crippen LogP contribution in [0, 0.1) is 5.92 Å². The van der Waals surface area contributed by atoms with Crippen LogP contribution in [0.3, 0.4) is 0 Å². The van der Waals surface area contributed by atoms with Gasteiger partial charge in [-0.05, 0) is 39.4 Å². The lowest BCUT2D eigenvalue weighted by Crippen LogP contribution is -2.56. The van der Waals surface area contributed by atoms with E-state index in [-0.39, 0.29) is 57.0 Å². The zero-order chi connectivity index (χ0) is 34.3. The number of nitrogens with one attached hydrogen (secondary N) is 3. The normalized spacial score (nSPS) is 12.1. The van der Waals surface area contributed by atoms with Crippen LogP contribution in [-0.4, -0.2) is 91.3 Å². The van der Waals surface area contributed by atoms with Gasteiger partial charge in [-0.2, -0.15) is 0 Å². The molecular weight excluding hydrogens is 604 g/mol. The second-order valence-electron chi connectivity index (χ2n) is 11.5. The van der Waals surface area contributed by atoms with Gasteiger partial charge in [0.15, 0.2) is 6.04 Å². The number of carbonyl (C=O) groups is 5. The number of hydrogen-bond acceptors (Lipinski definition) is 8. The zero-order valence-electron chi connectivity index (χ0n) is 27.3. The maximum Gasteiger partial charge on any atom is 0.331 e. The van der Waals surface area contributed by atoms with Gasteiger partial charge in [-0.25, -0.2) is 14.4 Å². The fourth-order valence-corrected chi connectivity index (χ4v) is 4.86. The number of amides is 4. The molecule has 3 rings (SSSR count). The highest BCUT2D eigenvalue weighted by molar-refractivity contribution is 5.88. The van der Waals surface area contributed by atoms with E-state index in [4.69, 9.17) is 9.47 Å². The average Bonchev–Trinajstić information content (AvgIpc) is 3.04. The van der Waals surface area contributed by atoms with Crippen molar-refractivity contribution in [1.29, 1.82) is 0 Å². The Hall–Kier alpha value is -4.97. The summed E-state index contributed by atoms with van der Waals surface area (Å²) in [7, 11) is 0. The van der Waals surface area contributed by atoms with Gasteiger partial charge in [-0.1, -0.05) is 74.5 Å². The molecule has 0 fully saturated rings. The number of nitrogens with zero attached hydrogens (tertiary/aromatic N) is 1. The number of hydrogen-bond donors (Lipinski definition) is 4. The van der Waals surface area contributed by atoms with E-state index in [1.165, 1.54) is 13.8 Å². The third-order valence-corrected chi connectivity index (χ3v) is 7.14. The van der Waals surface area contributed by atoms with Gasteiger partial charge in [0.1, 0.15) is 19.3 Å².